The second kappa shape index (κ2) is 8.05. The van der Waals surface area contributed by atoms with Crippen molar-refractivity contribution in [2.45, 2.75) is 33.2 Å². The Hall–Kier alpha value is -3.56. The predicted octanol–water partition coefficient (Wildman–Crippen LogP) is 2.74. The number of rotatable bonds is 7. The van der Waals surface area contributed by atoms with Crippen molar-refractivity contribution in [3.8, 4) is 0 Å². The van der Waals surface area contributed by atoms with E-state index in [9.17, 15) is 9.18 Å². The monoisotopic (exact) mass is 410 g/mol. The lowest BCUT2D eigenvalue weighted by atomic mass is 10.1. The van der Waals surface area contributed by atoms with Crippen LogP contribution in [-0.4, -0.2) is 42.7 Å². The van der Waals surface area contributed by atoms with Crippen LogP contribution in [0.25, 0.3) is 22.1 Å². The molecule has 0 aliphatic rings. The Morgan fingerprint density at radius 3 is 2.73 bits per heavy atom. The third-order valence-corrected chi connectivity index (χ3v) is 5.12. The topological polar surface area (TPSA) is 105 Å². The summed E-state index contributed by atoms with van der Waals surface area (Å²) in [6, 6.07) is 4.14. The average molecular weight is 410 g/mol. The molecular formula is C20H23FN8O. The number of benzene rings is 1. The van der Waals surface area contributed by atoms with Crippen LogP contribution < -0.4 is 15.9 Å². The van der Waals surface area contributed by atoms with Crippen LogP contribution in [0.2, 0.25) is 0 Å². The minimum absolute atomic E-state index is 0.0130. The van der Waals surface area contributed by atoms with Gasteiger partial charge < -0.3 is 15.3 Å². The normalized spacial score (nSPS) is 12.4. The number of fused-ring (bicyclic) bond motifs is 2. The molecule has 0 amide bonds. The maximum atomic E-state index is 14.5. The van der Waals surface area contributed by atoms with E-state index >= 15 is 0 Å². The molecule has 0 aliphatic carbocycles. The van der Waals surface area contributed by atoms with E-state index in [0.29, 0.717) is 47.8 Å². The molecule has 0 radical (unpaired) electrons. The summed E-state index contributed by atoms with van der Waals surface area (Å²) in [6.07, 6.45) is 3.60. The van der Waals surface area contributed by atoms with Gasteiger partial charge in [-0.05, 0) is 32.4 Å². The standard InChI is InChI=1S/C20H23FN8O/c1-4-13(26-18-16-17(23-10-22-16)24-11-25-18)19-27-14-9-7-8-12(21)15(14)20(30)29(19)28(5-2)6-3/h7-11,13H,4-6H2,1-3H3,(H2,22,23,24,25,26). The van der Waals surface area contributed by atoms with Crippen molar-refractivity contribution in [3.05, 3.63) is 52.8 Å². The van der Waals surface area contributed by atoms with Gasteiger partial charge >= 0.3 is 0 Å². The number of H-pyrrole nitrogens is 1. The first-order valence-electron chi connectivity index (χ1n) is 9.96. The molecule has 4 aromatic rings. The largest absolute Gasteiger partial charge is 0.358 e. The summed E-state index contributed by atoms with van der Waals surface area (Å²) in [7, 11) is 0. The highest BCUT2D eigenvalue weighted by atomic mass is 19.1. The molecule has 3 heterocycles. The van der Waals surface area contributed by atoms with Gasteiger partial charge in [-0.15, -0.1) is 0 Å². The molecule has 10 heteroatoms. The van der Waals surface area contributed by atoms with E-state index in [4.69, 9.17) is 4.98 Å². The SMILES string of the molecule is CCC(Nc1ncnc2nc[nH]c12)c1nc2cccc(F)c2c(=O)n1N(CC)CC. The molecule has 3 aromatic heterocycles. The van der Waals surface area contributed by atoms with Crippen LogP contribution in [0, 0.1) is 5.82 Å². The number of halogens is 1. The minimum Gasteiger partial charge on any atom is -0.358 e. The lowest BCUT2D eigenvalue weighted by Crippen LogP contribution is -2.45. The van der Waals surface area contributed by atoms with Crippen LogP contribution in [0.5, 0.6) is 0 Å². The minimum atomic E-state index is -0.576. The maximum absolute atomic E-state index is 14.5. The zero-order valence-corrected chi connectivity index (χ0v) is 17.1. The maximum Gasteiger partial charge on any atom is 0.283 e. The summed E-state index contributed by atoms with van der Waals surface area (Å²) >= 11 is 0. The summed E-state index contributed by atoms with van der Waals surface area (Å²) in [5.41, 5.74) is 1.11. The predicted molar refractivity (Wildman–Crippen MR) is 114 cm³/mol. The molecular weight excluding hydrogens is 387 g/mol. The summed E-state index contributed by atoms with van der Waals surface area (Å²) < 4.78 is 16.0. The fourth-order valence-electron chi connectivity index (χ4n) is 3.59. The highest BCUT2D eigenvalue weighted by Crippen LogP contribution is 2.25. The zero-order chi connectivity index (χ0) is 21.3. The molecule has 1 atom stereocenters. The van der Waals surface area contributed by atoms with E-state index in [2.05, 4.69) is 25.3 Å². The number of hydrogen-bond acceptors (Lipinski definition) is 7. The molecule has 30 heavy (non-hydrogen) atoms. The molecule has 2 N–H and O–H groups in total. The summed E-state index contributed by atoms with van der Waals surface area (Å²) in [5.74, 6) is 0.480. The summed E-state index contributed by atoms with van der Waals surface area (Å²) in [4.78, 5) is 33.7. The van der Waals surface area contributed by atoms with Gasteiger partial charge in [0.15, 0.2) is 17.3 Å². The quantitative estimate of drug-likeness (QED) is 0.483. The van der Waals surface area contributed by atoms with Gasteiger partial charge in [-0.25, -0.2) is 29.0 Å². The third kappa shape index (κ3) is 3.23. The van der Waals surface area contributed by atoms with Gasteiger partial charge in [0.1, 0.15) is 23.0 Å². The van der Waals surface area contributed by atoms with Crippen LogP contribution in [0.1, 0.15) is 39.1 Å². The lowest BCUT2D eigenvalue weighted by Gasteiger charge is -2.29. The molecule has 0 aliphatic heterocycles. The third-order valence-electron chi connectivity index (χ3n) is 5.12. The zero-order valence-electron chi connectivity index (χ0n) is 17.1. The number of aromatic nitrogens is 6. The van der Waals surface area contributed by atoms with Gasteiger partial charge in [0.25, 0.3) is 5.56 Å². The molecule has 9 nitrogen and oxygen atoms in total. The van der Waals surface area contributed by atoms with E-state index in [-0.39, 0.29) is 11.4 Å². The van der Waals surface area contributed by atoms with Crippen molar-refractivity contribution < 1.29 is 4.39 Å². The number of hydrogen-bond donors (Lipinski definition) is 2. The van der Waals surface area contributed by atoms with Gasteiger partial charge in [0.05, 0.1) is 17.9 Å². The van der Waals surface area contributed by atoms with Gasteiger partial charge in [-0.2, -0.15) is 0 Å². The van der Waals surface area contributed by atoms with Crippen molar-refractivity contribution in [1.82, 2.24) is 29.6 Å². The second-order valence-corrected chi connectivity index (χ2v) is 6.79. The number of imidazole rings is 1. The van der Waals surface area contributed by atoms with E-state index in [1.165, 1.54) is 17.1 Å². The van der Waals surface area contributed by atoms with E-state index in [1.807, 2.05) is 25.8 Å². The van der Waals surface area contributed by atoms with Crippen molar-refractivity contribution in [3.63, 3.8) is 0 Å². The Morgan fingerprint density at radius 1 is 1.20 bits per heavy atom. The number of aromatic amines is 1. The van der Waals surface area contributed by atoms with Crippen molar-refractivity contribution in [1.29, 1.82) is 0 Å². The molecule has 0 saturated heterocycles. The molecule has 156 valence electrons. The average Bonchev–Trinajstić information content (AvgIpc) is 3.24. The van der Waals surface area contributed by atoms with E-state index in [1.54, 1.807) is 18.5 Å². The van der Waals surface area contributed by atoms with Crippen LogP contribution in [0.15, 0.2) is 35.6 Å². The Morgan fingerprint density at radius 2 is 2.00 bits per heavy atom. The van der Waals surface area contributed by atoms with Crippen molar-refractivity contribution in [2.24, 2.45) is 0 Å². The summed E-state index contributed by atoms with van der Waals surface area (Å²) in [6.45, 7) is 7.01. The van der Waals surface area contributed by atoms with Gasteiger partial charge in [0.2, 0.25) is 0 Å². The first-order valence-corrected chi connectivity index (χ1v) is 9.96. The number of nitrogens with one attached hydrogen (secondary N) is 2. The molecule has 0 fully saturated rings. The van der Waals surface area contributed by atoms with Crippen LogP contribution in [-0.2, 0) is 0 Å². The molecule has 1 aromatic carbocycles. The van der Waals surface area contributed by atoms with Crippen LogP contribution in [0.3, 0.4) is 0 Å². The molecule has 0 bridgehead atoms. The summed E-state index contributed by atoms with van der Waals surface area (Å²) in [5, 5.41) is 5.19. The Balaban J connectivity index is 1.91. The highest BCUT2D eigenvalue weighted by Gasteiger charge is 2.24. The fourth-order valence-corrected chi connectivity index (χ4v) is 3.59. The van der Waals surface area contributed by atoms with Crippen LogP contribution in [0.4, 0.5) is 10.2 Å². The molecule has 0 spiro atoms. The van der Waals surface area contributed by atoms with E-state index in [0.717, 1.165) is 0 Å². The van der Waals surface area contributed by atoms with E-state index < -0.39 is 11.4 Å². The van der Waals surface area contributed by atoms with Gasteiger partial charge in [-0.3, -0.25) is 4.79 Å². The second-order valence-electron chi connectivity index (χ2n) is 6.79. The van der Waals surface area contributed by atoms with Crippen LogP contribution >= 0.6 is 0 Å². The smallest absolute Gasteiger partial charge is 0.283 e. The fraction of sp³-hybridized carbons (Fsp3) is 0.350. The Labute approximate surface area is 172 Å². The number of anilines is 1. The molecule has 4 rings (SSSR count). The van der Waals surface area contributed by atoms with Gasteiger partial charge in [-0.1, -0.05) is 13.0 Å². The first-order chi connectivity index (χ1) is 14.6. The van der Waals surface area contributed by atoms with Gasteiger partial charge in [0, 0.05) is 13.1 Å². The molecule has 1 unspecified atom stereocenters. The van der Waals surface area contributed by atoms with Crippen molar-refractivity contribution >= 4 is 27.9 Å². The van der Waals surface area contributed by atoms with Crippen molar-refractivity contribution in [2.75, 3.05) is 23.4 Å². The number of nitrogens with zero attached hydrogens (tertiary/aromatic N) is 6. The molecule has 0 saturated carbocycles. The Bertz CT molecular complexity index is 1250. The highest BCUT2D eigenvalue weighted by molar-refractivity contribution is 5.82. The lowest BCUT2D eigenvalue weighted by molar-refractivity contribution is 0.528. The Kier molecular flexibility index (Phi) is 5.30. The first kappa shape index (κ1) is 19.7.